The van der Waals surface area contributed by atoms with Gasteiger partial charge in [-0.25, -0.2) is 9.78 Å². The molecule has 0 aliphatic carbocycles. The van der Waals surface area contributed by atoms with Gasteiger partial charge in [-0.3, -0.25) is 0 Å². The van der Waals surface area contributed by atoms with Gasteiger partial charge in [-0.2, -0.15) is 0 Å². The average Bonchev–Trinajstić information content (AvgIpc) is 2.95. The molecule has 19 heavy (non-hydrogen) atoms. The van der Waals surface area contributed by atoms with E-state index in [0.29, 0.717) is 6.54 Å². The van der Waals surface area contributed by atoms with Gasteiger partial charge in [-0.05, 0) is 27.2 Å². The van der Waals surface area contributed by atoms with Crippen molar-refractivity contribution in [2.75, 3.05) is 13.2 Å². The van der Waals surface area contributed by atoms with Gasteiger partial charge >= 0.3 is 6.09 Å². The van der Waals surface area contributed by atoms with E-state index in [-0.39, 0.29) is 24.7 Å². The first kappa shape index (κ1) is 14.3. The monoisotopic (exact) mass is 284 g/mol. The molecule has 5 nitrogen and oxygen atoms in total. The molecule has 0 spiro atoms. The van der Waals surface area contributed by atoms with Crippen molar-refractivity contribution >= 4 is 17.4 Å². The maximum absolute atomic E-state index is 12.1. The Morgan fingerprint density at radius 3 is 2.89 bits per heavy atom. The van der Waals surface area contributed by atoms with E-state index < -0.39 is 5.60 Å². The highest BCUT2D eigenvalue weighted by atomic mass is 32.1. The molecular formula is C13H20N2O3S. The van der Waals surface area contributed by atoms with Gasteiger partial charge < -0.3 is 14.7 Å². The van der Waals surface area contributed by atoms with E-state index in [1.54, 1.807) is 22.4 Å². The van der Waals surface area contributed by atoms with Crippen LogP contribution in [0.25, 0.3) is 0 Å². The molecule has 0 unspecified atom stereocenters. The van der Waals surface area contributed by atoms with E-state index in [1.165, 1.54) is 0 Å². The summed E-state index contributed by atoms with van der Waals surface area (Å²) in [6.45, 7) is 6.04. The van der Waals surface area contributed by atoms with Gasteiger partial charge in [0.15, 0.2) is 0 Å². The lowest BCUT2D eigenvalue weighted by Gasteiger charge is -2.27. The Bertz CT molecular complexity index is 428. The van der Waals surface area contributed by atoms with Crippen LogP contribution in [-0.2, 0) is 4.74 Å². The van der Waals surface area contributed by atoms with Crippen LogP contribution in [0.5, 0.6) is 0 Å². The molecule has 0 saturated carbocycles. The number of hydrogen-bond acceptors (Lipinski definition) is 5. The fourth-order valence-electron chi connectivity index (χ4n) is 2.25. The van der Waals surface area contributed by atoms with Crippen molar-refractivity contribution in [3.63, 3.8) is 0 Å². The maximum Gasteiger partial charge on any atom is 0.410 e. The largest absolute Gasteiger partial charge is 0.444 e. The van der Waals surface area contributed by atoms with Gasteiger partial charge in [-0.1, -0.05) is 0 Å². The molecule has 1 aliphatic heterocycles. The molecular weight excluding hydrogens is 264 g/mol. The zero-order valence-corrected chi connectivity index (χ0v) is 12.3. The highest BCUT2D eigenvalue weighted by Gasteiger charge is 2.38. The van der Waals surface area contributed by atoms with Crippen LogP contribution < -0.4 is 0 Å². The predicted octanol–water partition coefficient (Wildman–Crippen LogP) is 2.23. The molecule has 1 saturated heterocycles. The first-order valence-corrected chi connectivity index (χ1v) is 7.28. The number of rotatable bonds is 2. The van der Waals surface area contributed by atoms with Crippen molar-refractivity contribution in [2.45, 2.75) is 44.8 Å². The van der Waals surface area contributed by atoms with Gasteiger partial charge in [0.05, 0.1) is 17.7 Å². The van der Waals surface area contributed by atoms with Gasteiger partial charge in [-0.15, -0.1) is 11.3 Å². The Labute approximate surface area is 117 Å². The van der Waals surface area contributed by atoms with Crippen molar-refractivity contribution in [3.8, 4) is 0 Å². The van der Waals surface area contributed by atoms with Crippen molar-refractivity contribution in [3.05, 3.63) is 16.6 Å². The van der Waals surface area contributed by atoms with E-state index >= 15 is 0 Å². The number of hydrogen-bond donors (Lipinski definition) is 1. The van der Waals surface area contributed by atoms with Crippen molar-refractivity contribution < 1.29 is 14.6 Å². The van der Waals surface area contributed by atoms with Crippen LogP contribution in [0, 0.1) is 0 Å². The average molecular weight is 284 g/mol. The fraction of sp³-hybridized carbons (Fsp3) is 0.692. The molecule has 1 aromatic rings. The number of nitrogens with zero attached hydrogens (tertiary/aromatic N) is 2. The third-order valence-corrected chi connectivity index (χ3v) is 3.99. The zero-order valence-electron chi connectivity index (χ0n) is 11.5. The molecule has 0 aromatic carbocycles. The summed E-state index contributed by atoms with van der Waals surface area (Å²) < 4.78 is 5.38. The fourth-order valence-corrected chi connectivity index (χ4v) is 3.00. The first-order valence-electron chi connectivity index (χ1n) is 6.40. The van der Waals surface area contributed by atoms with Crippen LogP contribution in [0.2, 0.25) is 0 Å². The number of amides is 1. The molecule has 1 amide bonds. The van der Waals surface area contributed by atoms with E-state index in [1.807, 2.05) is 26.2 Å². The lowest BCUT2D eigenvalue weighted by molar-refractivity contribution is 0.0174. The number of aromatic nitrogens is 1. The Balaban J connectivity index is 2.06. The number of likely N-dealkylation sites (tertiary alicyclic amines) is 1. The molecule has 1 aliphatic rings. The highest BCUT2D eigenvalue weighted by molar-refractivity contribution is 7.09. The predicted molar refractivity (Wildman–Crippen MR) is 73.3 cm³/mol. The summed E-state index contributed by atoms with van der Waals surface area (Å²) >= 11 is 1.59. The summed E-state index contributed by atoms with van der Waals surface area (Å²) in [5.74, 6) is 0.199. The normalized spacial score (nSPS) is 23.7. The van der Waals surface area contributed by atoms with E-state index in [2.05, 4.69) is 4.98 Å². The minimum atomic E-state index is -0.518. The smallest absolute Gasteiger partial charge is 0.410 e. The molecule has 2 heterocycles. The van der Waals surface area contributed by atoms with Crippen molar-refractivity contribution in [1.29, 1.82) is 0 Å². The quantitative estimate of drug-likeness (QED) is 0.904. The summed E-state index contributed by atoms with van der Waals surface area (Å²) in [4.78, 5) is 18.0. The number of aliphatic hydroxyl groups excluding tert-OH is 1. The molecule has 6 heteroatoms. The molecule has 1 N–H and O–H groups in total. The van der Waals surface area contributed by atoms with Gasteiger partial charge in [0.25, 0.3) is 0 Å². The van der Waals surface area contributed by atoms with Gasteiger partial charge in [0.2, 0.25) is 0 Å². The minimum absolute atomic E-state index is 0.0406. The summed E-state index contributed by atoms with van der Waals surface area (Å²) in [7, 11) is 0. The Morgan fingerprint density at radius 2 is 2.37 bits per heavy atom. The third-order valence-electron chi connectivity index (χ3n) is 3.05. The van der Waals surface area contributed by atoms with Crippen LogP contribution in [0.1, 0.15) is 38.1 Å². The summed E-state index contributed by atoms with van der Waals surface area (Å²) in [5.41, 5.74) is -0.518. The summed E-state index contributed by atoms with van der Waals surface area (Å²) in [6, 6.07) is -0.177. The second kappa shape index (κ2) is 5.46. The van der Waals surface area contributed by atoms with Gasteiger partial charge in [0.1, 0.15) is 5.60 Å². The van der Waals surface area contributed by atoms with Crippen LogP contribution in [-0.4, -0.2) is 45.9 Å². The zero-order chi connectivity index (χ0) is 14.0. The number of aliphatic hydroxyl groups is 1. The Kier molecular flexibility index (Phi) is 4.10. The summed E-state index contributed by atoms with van der Waals surface area (Å²) in [6.07, 6.45) is 2.15. The number of thiazole rings is 1. The molecule has 1 fully saturated rings. The molecule has 0 radical (unpaired) electrons. The first-order chi connectivity index (χ1) is 8.90. The Morgan fingerprint density at radius 1 is 1.63 bits per heavy atom. The molecule has 2 rings (SSSR count). The highest BCUT2D eigenvalue weighted by Crippen LogP contribution is 2.33. The maximum atomic E-state index is 12.1. The number of carbonyl (C=O) groups is 1. The lowest BCUT2D eigenvalue weighted by Crippen LogP contribution is -2.41. The number of carbonyl (C=O) groups excluding carboxylic acids is 1. The second-order valence-corrected chi connectivity index (χ2v) is 6.70. The van der Waals surface area contributed by atoms with E-state index in [9.17, 15) is 9.90 Å². The third kappa shape index (κ3) is 3.45. The standard InChI is InChI=1S/C13H20N2O3S/c1-13(2,3)18-12(17)15-7-9(6-10(15)8-16)11-14-4-5-19-11/h4-5,9-10,16H,6-8H2,1-3H3/t9-,10+/m1/s1. The topological polar surface area (TPSA) is 62.7 Å². The van der Waals surface area contributed by atoms with Crippen LogP contribution in [0.4, 0.5) is 4.79 Å². The van der Waals surface area contributed by atoms with Crippen molar-refractivity contribution in [2.24, 2.45) is 0 Å². The number of ether oxygens (including phenoxy) is 1. The van der Waals surface area contributed by atoms with E-state index in [4.69, 9.17) is 4.74 Å². The van der Waals surface area contributed by atoms with E-state index in [0.717, 1.165) is 11.4 Å². The van der Waals surface area contributed by atoms with Crippen molar-refractivity contribution in [1.82, 2.24) is 9.88 Å². The second-order valence-electron chi connectivity index (χ2n) is 5.77. The van der Waals surface area contributed by atoms with Gasteiger partial charge in [0, 0.05) is 24.0 Å². The molecule has 2 atom stereocenters. The molecule has 0 bridgehead atoms. The SMILES string of the molecule is CC(C)(C)OC(=O)N1C[C@H](c2nccs2)C[C@H]1CO. The summed E-state index contributed by atoms with van der Waals surface area (Å²) in [5, 5.41) is 12.4. The van der Waals surface area contributed by atoms with Crippen LogP contribution in [0.15, 0.2) is 11.6 Å². The van der Waals surface area contributed by atoms with Crippen LogP contribution >= 0.6 is 11.3 Å². The molecule has 106 valence electrons. The van der Waals surface area contributed by atoms with Crippen LogP contribution in [0.3, 0.4) is 0 Å². The minimum Gasteiger partial charge on any atom is -0.444 e. The molecule has 1 aromatic heterocycles. The lowest BCUT2D eigenvalue weighted by atomic mass is 10.1. The Hall–Kier alpha value is -1.14.